The second-order valence-corrected chi connectivity index (χ2v) is 12.0. The van der Waals surface area contributed by atoms with Crippen LogP contribution in [-0.2, 0) is 18.1 Å². The van der Waals surface area contributed by atoms with Crippen LogP contribution in [0, 0.1) is 11.8 Å². The molecule has 0 N–H and O–H groups in total. The maximum atomic E-state index is 14.2. The summed E-state index contributed by atoms with van der Waals surface area (Å²) in [5, 5.41) is 9.30. The number of likely N-dealkylation sites (tertiary alicyclic amines) is 1. The van der Waals surface area contributed by atoms with Gasteiger partial charge in [-0.1, -0.05) is 26.0 Å². The third kappa shape index (κ3) is 4.37. The van der Waals surface area contributed by atoms with Crippen molar-refractivity contribution in [3.05, 3.63) is 80.4 Å². The Balaban J connectivity index is 1.43. The molecule has 6 nitrogen and oxygen atoms in total. The van der Waals surface area contributed by atoms with E-state index in [4.69, 9.17) is 0 Å². The van der Waals surface area contributed by atoms with Gasteiger partial charge >= 0.3 is 11.9 Å². The highest BCUT2D eigenvalue weighted by molar-refractivity contribution is 7.09. The number of piperidine rings is 1. The smallest absolute Gasteiger partial charge is 0.299 e. The zero-order chi connectivity index (χ0) is 26.7. The monoisotopic (exact) mass is 541 g/mol. The van der Waals surface area contributed by atoms with Crippen LogP contribution in [0.2, 0.25) is 0 Å². The van der Waals surface area contributed by atoms with Crippen molar-refractivity contribution in [1.82, 2.24) is 24.1 Å². The minimum absolute atomic E-state index is 0.139. The third-order valence-corrected chi connectivity index (χ3v) is 9.01. The van der Waals surface area contributed by atoms with Crippen LogP contribution in [-0.4, -0.2) is 37.2 Å². The lowest BCUT2D eigenvalue weighted by molar-refractivity contribution is -0.136. The van der Waals surface area contributed by atoms with Gasteiger partial charge in [0.2, 0.25) is 0 Å². The molecule has 1 saturated heterocycles. The van der Waals surface area contributed by atoms with Gasteiger partial charge in [-0.25, -0.2) is 4.79 Å². The molecule has 0 radical (unpaired) electrons. The number of hydrogen-bond donors (Lipinski definition) is 0. The Morgan fingerprint density at radius 1 is 1.13 bits per heavy atom. The number of fused-ring (bicyclic) bond motifs is 1. The van der Waals surface area contributed by atoms with E-state index in [-0.39, 0.29) is 10.9 Å². The van der Waals surface area contributed by atoms with Crippen LogP contribution in [0.1, 0.15) is 61.2 Å². The van der Waals surface area contributed by atoms with Crippen LogP contribution in [0.5, 0.6) is 0 Å². The molecule has 38 heavy (non-hydrogen) atoms. The van der Waals surface area contributed by atoms with E-state index in [1.807, 2.05) is 18.2 Å². The predicted molar refractivity (Wildman–Crippen MR) is 141 cm³/mol. The molecule has 1 aromatic carbocycles. The van der Waals surface area contributed by atoms with Gasteiger partial charge in [0.25, 0.3) is 0 Å². The maximum absolute atomic E-state index is 14.2. The number of benzene rings is 1. The van der Waals surface area contributed by atoms with Crippen molar-refractivity contribution in [2.24, 2.45) is 11.8 Å². The molecule has 6 rings (SSSR count). The fourth-order valence-corrected chi connectivity index (χ4v) is 7.23. The minimum atomic E-state index is -4.58. The Morgan fingerprint density at radius 2 is 1.95 bits per heavy atom. The number of hydrogen-bond acceptors (Lipinski definition) is 5. The second-order valence-electron chi connectivity index (χ2n) is 11.2. The van der Waals surface area contributed by atoms with Gasteiger partial charge in [-0.3, -0.25) is 13.9 Å². The van der Waals surface area contributed by atoms with E-state index in [1.165, 1.54) is 28.2 Å². The topological polar surface area (TPSA) is 55.4 Å². The average molecular weight is 542 g/mol. The van der Waals surface area contributed by atoms with E-state index in [2.05, 4.69) is 28.9 Å². The molecule has 4 heterocycles. The number of rotatable bonds is 5. The first-order chi connectivity index (χ1) is 18.1. The van der Waals surface area contributed by atoms with Gasteiger partial charge < -0.3 is 0 Å². The molecule has 3 aromatic heterocycles. The summed E-state index contributed by atoms with van der Waals surface area (Å²) in [6.07, 6.45) is 2.29. The summed E-state index contributed by atoms with van der Waals surface area (Å²) in [5.41, 5.74) is 2.03. The van der Waals surface area contributed by atoms with E-state index in [1.54, 1.807) is 17.8 Å². The molecule has 2 fully saturated rings. The zero-order valence-electron chi connectivity index (χ0n) is 21.4. The molecule has 4 aromatic rings. The summed E-state index contributed by atoms with van der Waals surface area (Å²) >= 11 is 1.51. The number of alkyl halides is 3. The van der Waals surface area contributed by atoms with Crippen molar-refractivity contribution in [2.45, 2.75) is 57.7 Å². The van der Waals surface area contributed by atoms with Crippen molar-refractivity contribution in [3.63, 3.8) is 0 Å². The number of halogens is 3. The number of aromatic nitrogens is 4. The largest absolute Gasteiger partial charge is 0.418 e. The minimum Gasteiger partial charge on any atom is -0.299 e. The van der Waals surface area contributed by atoms with Gasteiger partial charge in [0.05, 0.1) is 16.8 Å². The summed E-state index contributed by atoms with van der Waals surface area (Å²) < 4.78 is 45.1. The summed E-state index contributed by atoms with van der Waals surface area (Å²) in [6.45, 7) is 6.43. The van der Waals surface area contributed by atoms with Gasteiger partial charge in [0, 0.05) is 30.9 Å². The van der Waals surface area contributed by atoms with Crippen LogP contribution in [0.15, 0.2) is 53.0 Å². The molecule has 1 aliphatic heterocycles. The zero-order valence-corrected chi connectivity index (χ0v) is 22.2. The molecular formula is C28H30F3N5OS. The molecule has 0 amide bonds. The standard InChI is InChI=1S/C28H30F3N5OS/c1-18-5-4-8-34(13-18)14-20-9-23(28(29,30)31)24-16-35(26(37)36(24)15-20)22-7-3-6-21(10-22)27(11-19(2)12-27)25-33-32-17-38-25/h3,6-7,9-10,15-19H,4-5,8,11-14H2,1-2H3/t18-,19-,27-/m0/s1. The SMILES string of the molecule is C[C@H]1CCCN(Cc2cc(C(F)(F)F)c3cn(-c4cccc([C@]5(c6nncs6)C[C@H](C)C5)c4)c(=O)n3c2)C1. The van der Waals surface area contributed by atoms with Gasteiger partial charge in [-0.05, 0) is 73.4 Å². The fraction of sp³-hybridized carbons (Fsp3) is 0.464. The lowest BCUT2D eigenvalue weighted by atomic mass is 9.59. The van der Waals surface area contributed by atoms with Gasteiger partial charge in [0.1, 0.15) is 10.5 Å². The number of imidazole rings is 1. The molecule has 1 atom stereocenters. The van der Waals surface area contributed by atoms with Crippen LogP contribution in [0.25, 0.3) is 11.2 Å². The Kier molecular flexibility index (Phi) is 6.22. The molecule has 10 heteroatoms. The van der Waals surface area contributed by atoms with Gasteiger partial charge in [-0.15, -0.1) is 21.5 Å². The van der Waals surface area contributed by atoms with Crippen molar-refractivity contribution in [2.75, 3.05) is 13.1 Å². The maximum Gasteiger partial charge on any atom is 0.418 e. The first-order valence-corrected chi connectivity index (χ1v) is 14.0. The van der Waals surface area contributed by atoms with Crippen LogP contribution >= 0.6 is 11.3 Å². The normalized spacial score (nSPS) is 24.6. The van der Waals surface area contributed by atoms with Gasteiger partial charge in [-0.2, -0.15) is 13.2 Å². The first kappa shape index (κ1) is 25.3. The summed E-state index contributed by atoms with van der Waals surface area (Å²) in [7, 11) is 0. The predicted octanol–water partition coefficient (Wildman–Crippen LogP) is 5.91. The molecule has 1 saturated carbocycles. The Hall–Kier alpha value is -2.98. The quantitative estimate of drug-likeness (QED) is 0.315. The summed E-state index contributed by atoms with van der Waals surface area (Å²) in [5.74, 6) is 1.03. The Labute approximate surface area is 222 Å². The lowest BCUT2D eigenvalue weighted by Gasteiger charge is -2.45. The van der Waals surface area contributed by atoms with Crippen LogP contribution in [0.4, 0.5) is 13.2 Å². The summed E-state index contributed by atoms with van der Waals surface area (Å²) in [4.78, 5) is 15.7. The van der Waals surface area contributed by atoms with Gasteiger partial charge in [0.15, 0.2) is 0 Å². The van der Waals surface area contributed by atoms with Crippen LogP contribution in [0.3, 0.4) is 0 Å². The van der Waals surface area contributed by atoms with E-state index in [9.17, 15) is 18.0 Å². The number of nitrogens with zero attached hydrogens (tertiary/aromatic N) is 5. The average Bonchev–Trinajstić information content (AvgIpc) is 3.50. The lowest BCUT2D eigenvalue weighted by Crippen LogP contribution is -2.41. The summed E-state index contributed by atoms with van der Waals surface area (Å²) in [6, 6.07) is 8.76. The number of pyridine rings is 1. The molecule has 0 unspecified atom stereocenters. The van der Waals surface area contributed by atoms with E-state index in [0.29, 0.717) is 29.6 Å². The highest BCUT2D eigenvalue weighted by Crippen LogP contribution is 2.52. The van der Waals surface area contributed by atoms with Crippen LogP contribution < -0.4 is 5.69 Å². The third-order valence-electron chi connectivity index (χ3n) is 8.12. The van der Waals surface area contributed by atoms with Crippen molar-refractivity contribution in [3.8, 4) is 5.69 Å². The molecule has 0 spiro atoms. The van der Waals surface area contributed by atoms with Crippen molar-refractivity contribution in [1.29, 1.82) is 0 Å². The highest BCUT2D eigenvalue weighted by atomic mass is 32.1. The van der Waals surface area contributed by atoms with E-state index < -0.39 is 17.4 Å². The molecule has 0 bridgehead atoms. The van der Waals surface area contributed by atoms with E-state index >= 15 is 0 Å². The molecule has 1 aliphatic carbocycles. The van der Waals surface area contributed by atoms with E-state index in [0.717, 1.165) is 53.7 Å². The Morgan fingerprint density at radius 3 is 2.63 bits per heavy atom. The first-order valence-electron chi connectivity index (χ1n) is 13.1. The molecular weight excluding hydrogens is 511 g/mol. The van der Waals surface area contributed by atoms with Crippen molar-refractivity contribution >= 4 is 16.9 Å². The second kappa shape index (κ2) is 9.34. The molecule has 200 valence electrons. The fourth-order valence-electron chi connectivity index (χ4n) is 6.43. The highest BCUT2D eigenvalue weighted by Gasteiger charge is 2.47. The molecule has 2 aliphatic rings. The van der Waals surface area contributed by atoms with Crippen molar-refractivity contribution < 1.29 is 13.2 Å². The Bertz CT molecular complexity index is 1520.